The Balaban J connectivity index is 1.84. The summed E-state index contributed by atoms with van der Waals surface area (Å²) in [4.78, 5) is 23.1. The van der Waals surface area contributed by atoms with Crippen LogP contribution in [-0.4, -0.2) is 26.7 Å². The van der Waals surface area contributed by atoms with Gasteiger partial charge in [0, 0.05) is 25.1 Å². The predicted molar refractivity (Wildman–Crippen MR) is 94.5 cm³/mol. The Bertz CT molecular complexity index is 896. The standard InChI is InChI=1S/C18H19FN2O4S/c1-13(22)15-3-2-4-17(11-15)26(24,25)21-10-9-18(23)20-12-14-5-7-16(19)8-6-14/h2-8,11,21H,9-10,12H2,1H3,(H,20,23). The molecule has 0 bridgehead atoms. The van der Waals surface area contributed by atoms with E-state index in [4.69, 9.17) is 0 Å². The number of amides is 1. The van der Waals surface area contributed by atoms with E-state index in [1.165, 1.54) is 43.3 Å². The number of carbonyl (C=O) groups is 2. The molecule has 0 heterocycles. The van der Waals surface area contributed by atoms with Gasteiger partial charge in [0.25, 0.3) is 0 Å². The minimum Gasteiger partial charge on any atom is -0.352 e. The number of benzene rings is 2. The lowest BCUT2D eigenvalue weighted by Crippen LogP contribution is -2.30. The van der Waals surface area contributed by atoms with Crippen LogP contribution >= 0.6 is 0 Å². The molecule has 2 N–H and O–H groups in total. The van der Waals surface area contributed by atoms with Crippen LogP contribution in [0.2, 0.25) is 0 Å². The van der Waals surface area contributed by atoms with Gasteiger partial charge in [0.1, 0.15) is 5.82 Å². The molecule has 0 aromatic heterocycles. The molecule has 1 amide bonds. The van der Waals surface area contributed by atoms with E-state index in [2.05, 4.69) is 10.0 Å². The Morgan fingerprint density at radius 2 is 1.77 bits per heavy atom. The summed E-state index contributed by atoms with van der Waals surface area (Å²) in [5, 5.41) is 2.63. The van der Waals surface area contributed by atoms with E-state index in [-0.39, 0.29) is 41.9 Å². The fraction of sp³-hybridized carbons (Fsp3) is 0.222. The van der Waals surface area contributed by atoms with Crippen LogP contribution in [0, 0.1) is 5.82 Å². The highest BCUT2D eigenvalue weighted by molar-refractivity contribution is 7.89. The van der Waals surface area contributed by atoms with Gasteiger partial charge in [-0.25, -0.2) is 17.5 Å². The summed E-state index contributed by atoms with van der Waals surface area (Å²) >= 11 is 0. The molecule has 0 aliphatic rings. The molecule has 0 radical (unpaired) electrons. The molecule has 138 valence electrons. The summed E-state index contributed by atoms with van der Waals surface area (Å²) in [6.45, 7) is 1.50. The van der Waals surface area contributed by atoms with E-state index >= 15 is 0 Å². The summed E-state index contributed by atoms with van der Waals surface area (Å²) in [6, 6.07) is 11.4. The first-order chi connectivity index (χ1) is 12.3. The van der Waals surface area contributed by atoms with Gasteiger partial charge in [0.2, 0.25) is 15.9 Å². The smallest absolute Gasteiger partial charge is 0.240 e. The number of sulfonamides is 1. The first kappa shape index (κ1) is 19.7. The van der Waals surface area contributed by atoms with E-state index < -0.39 is 10.0 Å². The lowest BCUT2D eigenvalue weighted by molar-refractivity contribution is -0.121. The number of Topliss-reactive ketones (excluding diaryl/α,β-unsaturated/α-hetero) is 1. The molecule has 0 spiro atoms. The Hall–Kier alpha value is -2.58. The molecule has 0 saturated heterocycles. The van der Waals surface area contributed by atoms with Crippen LogP contribution < -0.4 is 10.0 Å². The van der Waals surface area contributed by atoms with Crippen LogP contribution in [-0.2, 0) is 21.4 Å². The van der Waals surface area contributed by atoms with Gasteiger partial charge in [-0.2, -0.15) is 0 Å². The van der Waals surface area contributed by atoms with E-state index in [0.29, 0.717) is 5.56 Å². The van der Waals surface area contributed by atoms with Crippen LogP contribution in [0.4, 0.5) is 4.39 Å². The van der Waals surface area contributed by atoms with E-state index in [9.17, 15) is 22.4 Å². The quantitative estimate of drug-likeness (QED) is 0.688. The molecule has 0 aliphatic carbocycles. The van der Waals surface area contributed by atoms with E-state index in [1.807, 2.05) is 0 Å². The Labute approximate surface area is 151 Å². The second-order valence-corrected chi connectivity index (χ2v) is 7.40. The molecule has 2 rings (SSSR count). The zero-order valence-electron chi connectivity index (χ0n) is 14.2. The van der Waals surface area contributed by atoms with Gasteiger partial charge < -0.3 is 5.32 Å². The van der Waals surface area contributed by atoms with Crippen molar-refractivity contribution in [2.75, 3.05) is 6.54 Å². The zero-order chi connectivity index (χ0) is 19.2. The van der Waals surface area contributed by atoms with Gasteiger partial charge in [0.15, 0.2) is 5.78 Å². The molecule has 2 aromatic carbocycles. The normalized spacial score (nSPS) is 11.2. The Morgan fingerprint density at radius 3 is 2.42 bits per heavy atom. The number of nitrogens with one attached hydrogen (secondary N) is 2. The van der Waals surface area contributed by atoms with Crippen molar-refractivity contribution in [2.45, 2.75) is 24.8 Å². The average molecular weight is 378 g/mol. The van der Waals surface area contributed by atoms with Crippen molar-refractivity contribution in [2.24, 2.45) is 0 Å². The Morgan fingerprint density at radius 1 is 1.08 bits per heavy atom. The third-order valence-electron chi connectivity index (χ3n) is 3.60. The maximum atomic E-state index is 12.8. The summed E-state index contributed by atoms with van der Waals surface area (Å²) in [6.07, 6.45) is -0.0488. The summed E-state index contributed by atoms with van der Waals surface area (Å²) in [5.41, 5.74) is 1.03. The number of rotatable bonds is 8. The van der Waals surface area contributed by atoms with Crippen molar-refractivity contribution in [1.29, 1.82) is 0 Å². The van der Waals surface area contributed by atoms with Crippen LogP contribution in [0.1, 0.15) is 29.3 Å². The lowest BCUT2D eigenvalue weighted by Gasteiger charge is -2.08. The fourth-order valence-corrected chi connectivity index (χ4v) is 3.23. The van der Waals surface area contributed by atoms with Gasteiger partial charge in [-0.15, -0.1) is 0 Å². The average Bonchev–Trinajstić information content (AvgIpc) is 2.61. The summed E-state index contributed by atoms with van der Waals surface area (Å²) in [7, 11) is -3.81. The minimum atomic E-state index is -3.81. The third-order valence-corrected chi connectivity index (χ3v) is 5.06. The molecule has 6 nitrogen and oxygen atoms in total. The van der Waals surface area contributed by atoms with Gasteiger partial charge in [-0.1, -0.05) is 24.3 Å². The molecular weight excluding hydrogens is 359 g/mol. The van der Waals surface area contributed by atoms with Crippen molar-refractivity contribution in [3.8, 4) is 0 Å². The monoisotopic (exact) mass is 378 g/mol. The molecular formula is C18H19FN2O4S. The second-order valence-electron chi connectivity index (χ2n) is 5.63. The molecule has 0 fully saturated rings. The zero-order valence-corrected chi connectivity index (χ0v) is 15.0. The SMILES string of the molecule is CC(=O)c1cccc(S(=O)(=O)NCCC(=O)NCc2ccc(F)cc2)c1. The van der Waals surface area contributed by atoms with Crippen LogP contribution in [0.5, 0.6) is 0 Å². The highest BCUT2D eigenvalue weighted by Crippen LogP contribution is 2.12. The Kier molecular flexibility index (Phi) is 6.59. The number of halogens is 1. The number of carbonyl (C=O) groups excluding carboxylic acids is 2. The first-order valence-corrected chi connectivity index (χ1v) is 9.38. The predicted octanol–water partition coefficient (Wildman–Crippen LogP) is 2.01. The van der Waals surface area contributed by atoms with E-state index in [1.54, 1.807) is 12.1 Å². The van der Waals surface area contributed by atoms with Crippen molar-refractivity contribution in [3.05, 3.63) is 65.5 Å². The number of hydrogen-bond donors (Lipinski definition) is 2. The number of hydrogen-bond acceptors (Lipinski definition) is 4. The highest BCUT2D eigenvalue weighted by atomic mass is 32.2. The van der Waals surface area contributed by atoms with E-state index in [0.717, 1.165) is 5.56 Å². The van der Waals surface area contributed by atoms with Gasteiger partial charge in [0.05, 0.1) is 4.90 Å². The molecule has 26 heavy (non-hydrogen) atoms. The maximum Gasteiger partial charge on any atom is 0.240 e. The van der Waals surface area contributed by atoms with Crippen molar-refractivity contribution in [1.82, 2.24) is 10.0 Å². The minimum absolute atomic E-state index is 0.0306. The highest BCUT2D eigenvalue weighted by Gasteiger charge is 2.15. The number of ketones is 1. The molecule has 2 aromatic rings. The van der Waals surface area contributed by atoms with Crippen LogP contribution in [0.3, 0.4) is 0 Å². The first-order valence-electron chi connectivity index (χ1n) is 7.90. The van der Waals surface area contributed by atoms with Crippen LogP contribution in [0.25, 0.3) is 0 Å². The van der Waals surface area contributed by atoms with Crippen LogP contribution in [0.15, 0.2) is 53.4 Å². The molecule has 8 heteroatoms. The molecule has 0 aliphatic heterocycles. The lowest BCUT2D eigenvalue weighted by atomic mass is 10.2. The van der Waals surface area contributed by atoms with Crippen molar-refractivity contribution >= 4 is 21.7 Å². The third kappa shape index (κ3) is 5.75. The van der Waals surface area contributed by atoms with Gasteiger partial charge in [-0.05, 0) is 36.8 Å². The second kappa shape index (κ2) is 8.68. The van der Waals surface area contributed by atoms with Gasteiger partial charge in [-0.3, -0.25) is 9.59 Å². The van der Waals surface area contributed by atoms with Crippen molar-refractivity contribution < 1.29 is 22.4 Å². The fourth-order valence-electron chi connectivity index (χ4n) is 2.16. The van der Waals surface area contributed by atoms with Crippen molar-refractivity contribution in [3.63, 3.8) is 0 Å². The topological polar surface area (TPSA) is 92.3 Å². The summed E-state index contributed by atoms with van der Waals surface area (Å²) < 4.78 is 39.6. The summed E-state index contributed by atoms with van der Waals surface area (Å²) in [5.74, 6) is -0.931. The molecule has 0 unspecified atom stereocenters. The molecule has 0 saturated carbocycles. The largest absolute Gasteiger partial charge is 0.352 e. The maximum absolute atomic E-state index is 12.8. The van der Waals surface area contributed by atoms with Gasteiger partial charge >= 0.3 is 0 Å². The molecule has 0 atom stereocenters.